The smallest absolute Gasteiger partial charge is 0.335 e. The Morgan fingerprint density at radius 1 is 1.31 bits per heavy atom. The van der Waals surface area contributed by atoms with E-state index in [4.69, 9.17) is 10.5 Å². The fraction of sp³-hybridized carbons (Fsp3) is 0.182. The third kappa shape index (κ3) is 2.76. The van der Waals surface area contributed by atoms with Gasteiger partial charge in [-0.1, -0.05) is 22.9 Å². The van der Waals surface area contributed by atoms with Crippen molar-refractivity contribution in [2.75, 3.05) is 0 Å². The second-order valence-electron chi connectivity index (χ2n) is 3.19. The predicted octanol–water partition coefficient (Wildman–Crippen LogP) is 2.49. The number of carbonyl (C=O) groups is 2. The zero-order valence-electron chi connectivity index (χ0n) is 8.58. The highest BCUT2D eigenvalue weighted by Crippen LogP contribution is 2.17. The zero-order valence-corrected chi connectivity index (χ0v) is 10.2. The lowest BCUT2D eigenvalue weighted by atomic mass is 10.0. The van der Waals surface area contributed by atoms with Crippen molar-refractivity contribution >= 4 is 33.4 Å². The van der Waals surface area contributed by atoms with Crippen LogP contribution in [0.1, 0.15) is 29.3 Å². The first-order valence-electron chi connectivity index (χ1n) is 4.61. The van der Waals surface area contributed by atoms with E-state index >= 15 is 0 Å². The molecule has 0 unspecified atom stereocenters. The molecule has 0 fully saturated rings. The Morgan fingerprint density at radius 3 is 2.38 bits per heavy atom. The van der Waals surface area contributed by atoms with Crippen molar-refractivity contribution in [2.24, 2.45) is 0 Å². The van der Waals surface area contributed by atoms with Gasteiger partial charge >= 0.3 is 5.97 Å². The fourth-order valence-electron chi connectivity index (χ4n) is 1.20. The number of nitrogens with one attached hydrogen (secondary N) is 1. The van der Waals surface area contributed by atoms with Crippen LogP contribution in [0.15, 0.2) is 22.7 Å². The Labute approximate surface area is 101 Å². The lowest BCUT2D eigenvalue weighted by Gasteiger charge is -2.04. The monoisotopic (exact) mass is 283 g/mol. The summed E-state index contributed by atoms with van der Waals surface area (Å²) in [6.45, 7) is 1.66. The van der Waals surface area contributed by atoms with Crippen LogP contribution in [-0.2, 0) is 4.79 Å². The lowest BCUT2D eigenvalue weighted by Crippen LogP contribution is -2.13. The molecule has 0 aromatic heterocycles. The van der Waals surface area contributed by atoms with Gasteiger partial charge in [0.25, 0.3) is 0 Å². The molecule has 4 nitrogen and oxygen atoms in total. The minimum atomic E-state index is -1.08. The van der Waals surface area contributed by atoms with E-state index in [0.717, 1.165) is 0 Å². The first-order chi connectivity index (χ1) is 7.45. The number of hydrogen-bond donors (Lipinski definition) is 2. The predicted molar refractivity (Wildman–Crippen MR) is 63.2 cm³/mol. The number of benzene rings is 1. The molecule has 0 atom stereocenters. The molecule has 0 spiro atoms. The third-order valence-corrected chi connectivity index (χ3v) is 2.49. The highest BCUT2D eigenvalue weighted by atomic mass is 79.9. The number of carbonyl (C=O) groups excluding carboxylic acids is 1. The van der Waals surface area contributed by atoms with E-state index in [1.54, 1.807) is 13.0 Å². The molecule has 2 N–H and O–H groups in total. The van der Waals surface area contributed by atoms with Gasteiger partial charge in [-0.05, 0) is 18.2 Å². The van der Waals surface area contributed by atoms with Crippen LogP contribution in [0.4, 0.5) is 0 Å². The fourth-order valence-corrected chi connectivity index (χ4v) is 1.69. The number of aromatic carboxylic acids is 1. The molecule has 0 saturated heterocycles. The maximum atomic E-state index is 11.3. The minimum Gasteiger partial charge on any atom is -0.478 e. The van der Waals surface area contributed by atoms with Crippen molar-refractivity contribution in [2.45, 2.75) is 13.3 Å². The number of carboxylic acids is 1. The Hall–Kier alpha value is -1.49. The highest BCUT2D eigenvalue weighted by Gasteiger charge is 2.13. The summed E-state index contributed by atoms with van der Waals surface area (Å²) in [6.07, 6.45) is 0.230. The summed E-state index contributed by atoms with van der Waals surface area (Å²) in [5.74, 6) is -1.39. The summed E-state index contributed by atoms with van der Waals surface area (Å²) in [5, 5.41) is 16.4. The zero-order chi connectivity index (χ0) is 12.3. The van der Waals surface area contributed by atoms with Crippen molar-refractivity contribution in [3.05, 3.63) is 33.8 Å². The van der Waals surface area contributed by atoms with Gasteiger partial charge in [-0.25, -0.2) is 4.79 Å². The second-order valence-corrected chi connectivity index (χ2v) is 4.10. The molecule has 0 radical (unpaired) electrons. The Balaban J connectivity index is 3.20. The van der Waals surface area contributed by atoms with E-state index in [1.165, 1.54) is 12.1 Å². The van der Waals surface area contributed by atoms with Crippen LogP contribution in [0.2, 0.25) is 0 Å². The van der Waals surface area contributed by atoms with Crippen molar-refractivity contribution in [3.8, 4) is 0 Å². The van der Waals surface area contributed by atoms with E-state index in [2.05, 4.69) is 15.9 Å². The summed E-state index contributed by atoms with van der Waals surface area (Å²) in [6, 6.07) is 4.31. The van der Waals surface area contributed by atoms with Crippen LogP contribution in [0, 0.1) is 5.41 Å². The molecule has 1 aromatic carbocycles. The summed E-state index contributed by atoms with van der Waals surface area (Å²) in [5.41, 5.74) is 0.211. The van der Waals surface area contributed by atoms with Crippen molar-refractivity contribution in [1.29, 1.82) is 5.41 Å². The van der Waals surface area contributed by atoms with Gasteiger partial charge in [-0.2, -0.15) is 0 Å². The Kier molecular flexibility index (Phi) is 3.95. The van der Waals surface area contributed by atoms with Crippen molar-refractivity contribution in [3.63, 3.8) is 0 Å². The standard InChI is InChI=1S/C11H10BrNO3/c1-2-9(14)10(13)6-3-7(11(15)16)5-8(12)4-6/h3-5,13H,2H2,1H3,(H,15,16). The normalized spacial score (nSPS) is 9.88. The first-order valence-corrected chi connectivity index (χ1v) is 5.41. The maximum absolute atomic E-state index is 11.3. The number of ketones is 1. The average molecular weight is 284 g/mol. The molecule has 0 amide bonds. The topological polar surface area (TPSA) is 78.2 Å². The Morgan fingerprint density at radius 2 is 1.88 bits per heavy atom. The molecule has 0 aliphatic rings. The molecular formula is C11H10BrNO3. The lowest BCUT2D eigenvalue weighted by molar-refractivity contribution is -0.112. The first kappa shape index (κ1) is 12.6. The molecule has 0 aliphatic heterocycles. The minimum absolute atomic E-state index is 0.0537. The summed E-state index contributed by atoms with van der Waals surface area (Å²) in [7, 11) is 0. The molecule has 0 bridgehead atoms. The van der Waals surface area contributed by atoms with E-state index in [-0.39, 0.29) is 23.5 Å². The van der Waals surface area contributed by atoms with E-state index in [0.29, 0.717) is 10.0 Å². The molecule has 84 valence electrons. The Bertz CT molecular complexity index is 468. The van der Waals surface area contributed by atoms with Gasteiger partial charge in [0.1, 0.15) is 5.71 Å². The van der Waals surface area contributed by atoms with Crippen molar-refractivity contribution < 1.29 is 14.7 Å². The number of hydrogen-bond acceptors (Lipinski definition) is 3. The van der Waals surface area contributed by atoms with Crippen LogP contribution in [0.5, 0.6) is 0 Å². The largest absolute Gasteiger partial charge is 0.478 e. The van der Waals surface area contributed by atoms with E-state index in [9.17, 15) is 9.59 Å². The SMILES string of the molecule is CCC(=O)C(=N)c1cc(Br)cc(C(=O)O)c1. The molecular weight excluding hydrogens is 274 g/mol. The van der Waals surface area contributed by atoms with Gasteiger partial charge in [0, 0.05) is 16.5 Å². The summed E-state index contributed by atoms with van der Waals surface area (Å²) < 4.78 is 0.538. The van der Waals surface area contributed by atoms with Crippen LogP contribution >= 0.6 is 15.9 Å². The summed E-state index contributed by atoms with van der Waals surface area (Å²) in [4.78, 5) is 22.1. The van der Waals surface area contributed by atoms with Crippen LogP contribution < -0.4 is 0 Å². The van der Waals surface area contributed by atoms with Crippen LogP contribution in [0.3, 0.4) is 0 Å². The molecule has 1 rings (SSSR count). The van der Waals surface area contributed by atoms with Gasteiger partial charge < -0.3 is 5.11 Å². The van der Waals surface area contributed by atoms with Gasteiger partial charge in [0.05, 0.1) is 5.56 Å². The van der Waals surface area contributed by atoms with Gasteiger partial charge in [-0.3, -0.25) is 10.2 Å². The number of halogens is 1. The maximum Gasteiger partial charge on any atom is 0.335 e. The number of carboxylic acid groups (broad SMARTS) is 1. The molecule has 16 heavy (non-hydrogen) atoms. The average Bonchev–Trinajstić information content (AvgIpc) is 2.26. The molecule has 1 aromatic rings. The van der Waals surface area contributed by atoms with E-state index < -0.39 is 5.97 Å². The van der Waals surface area contributed by atoms with Gasteiger partial charge in [0.15, 0.2) is 5.78 Å². The number of Topliss-reactive ketones (excluding diaryl/α,β-unsaturated/α-hetero) is 1. The third-order valence-electron chi connectivity index (χ3n) is 2.03. The molecule has 0 aliphatic carbocycles. The molecule has 0 heterocycles. The highest BCUT2D eigenvalue weighted by molar-refractivity contribution is 9.10. The second kappa shape index (κ2) is 5.03. The van der Waals surface area contributed by atoms with Crippen LogP contribution in [0.25, 0.3) is 0 Å². The van der Waals surface area contributed by atoms with Crippen molar-refractivity contribution in [1.82, 2.24) is 0 Å². The molecule has 0 saturated carbocycles. The van der Waals surface area contributed by atoms with E-state index in [1.807, 2.05) is 0 Å². The van der Waals surface area contributed by atoms with Gasteiger partial charge in [-0.15, -0.1) is 0 Å². The van der Waals surface area contributed by atoms with Gasteiger partial charge in [0.2, 0.25) is 0 Å². The quantitative estimate of drug-likeness (QED) is 0.834. The van der Waals surface area contributed by atoms with Crippen LogP contribution in [-0.4, -0.2) is 22.6 Å². The number of rotatable bonds is 4. The molecule has 5 heteroatoms. The summed E-state index contributed by atoms with van der Waals surface area (Å²) >= 11 is 3.15.